The van der Waals surface area contributed by atoms with E-state index in [0.717, 1.165) is 12.8 Å². The molecule has 1 aliphatic heterocycles. The van der Waals surface area contributed by atoms with Crippen molar-refractivity contribution < 1.29 is 19.4 Å². The number of carbonyl (C=O) groups excluding carboxylic acids is 1. The van der Waals surface area contributed by atoms with Crippen molar-refractivity contribution in [3.05, 3.63) is 0 Å². The Bertz CT molecular complexity index is 391. The van der Waals surface area contributed by atoms with Crippen LogP contribution in [-0.2, 0) is 9.53 Å². The van der Waals surface area contributed by atoms with Gasteiger partial charge < -0.3 is 20.5 Å². The minimum atomic E-state index is -0.916. The molecule has 1 amide bonds. The summed E-state index contributed by atoms with van der Waals surface area (Å²) in [4.78, 5) is 23.3. The molecule has 2 rings (SSSR count). The number of aliphatic carboxylic acids is 1. The Morgan fingerprint density at radius 1 is 1.42 bits per heavy atom. The van der Waals surface area contributed by atoms with Crippen LogP contribution in [-0.4, -0.2) is 40.9 Å². The molecule has 6 nitrogen and oxygen atoms in total. The number of carbonyl (C=O) groups is 2. The van der Waals surface area contributed by atoms with Gasteiger partial charge in [0.05, 0.1) is 5.54 Å². The van der Waals surface area contributed by atoms with Crippen LogP contribution in [0.3, 0.4) is 0 Å². The second-order valence-electron chi connectivity index (χ2n) is 6.44. The van der Waals surface area contributed by atoms with Gasteiger partial charge in [0.25, 0.3) is 0 Å². The van der Waals surface area contributed by atoms with Crippen LogP contribution in [0.1, 0.15) is 40.0 Å². The van der Waals surface area contributed by atoms with Crippen LogP contribution in [0.4, 0.5) is 4.79 Å². The molecule has 1 aliphatic carbocycles. The van der Waals surface area contributed by atoms with Crippen LogP contribution in [0, 0.1) is 5.92 Å². The van der Waals surface area contributed by atoms with E-state index < -0.39 is 29.2 Å². The Hall–Kier alpha value is -1.30. The Kier molecular flexibility index (Phi) is 3.47. The molecule has 0 spiro atoms. The Morgan fingerprint density at radius 2 is 2.11 bits per heavy atom. The van der Waals surface area contributed by atoms with Crippen molar-refractivity contribution in [2.75, 3.05) is 6.54 Å². The van der Waals surface area contributed by atoms with Gasteiger partial charge in [-0.2, -0.15) is 0 Å². The first-order chi connectivity index (χ1) is 8.74. The molecule has 2 aliphatic rings. The third-order valence-electron chi connectivity index (χ3n) is 3.94. The second kappa shape index (κ2) is 4.67. The van der Waals surface area contributed by atoms with E-state index in [9.17, 15) is 14.7 Å². The molecule has 1 heterocycles. The standard InChI is InChI=1S/C13H22N2O4/c1-12(2,3)19-11(18)15-13-6-4-5-8(13)7-14-9(13)10(16)17/h8-9,14H,4-7H2,1-3H3,(H,15,18)(H,16,17). The molecule has 1 saturated carbocycles. The van der Waals surface area contributed by atoms with Crippen molar-refractivity contribution in [1.29, 1.82) is 0 Å². The van der Waals surface area contributed by atoms with Gasteiger partial charge in [0.1, 0.15) is 11.6 Å². The minimum absolute atomic E-state index is 0.168. The SMILES string of the molecule is CC(C)(C)OC(=O)NC12CCCC1CNC2C(=O)O. The van der Waals surface area contributed by atoms with Gasteiger partial charge in [0.15, 0.2) is 0 Å². The number of fused-ring (bicyclic) bond motifs is 1. The summed E-state index contributed by atoms with van der Waals surface area (Å²) in [5.41, 5.74) is -1.28. The summed E-state index contributed by atoms with van der Waals surface area (Å²) in [7, 11) is 0. The highest BCUT2D eigenvalue weighted by molar-refractivity contribution is 5.79. The molecule has 0 bridgehead atoms. The van der Waals surface area contributed by atoms with Gasteiger partial charge in [-0.15, -0.1) is 0 Å². The number of carboxylic acid groups (broad SMARTS) is 1. The smallest absolute Gasteiger partial charge is 0.408 e. The van der Waals surface area contributed by atoms with E-state index in [4.69, 9.17) is 4.74 Å². The maximum Gasteiger partial charge on any atom is 0.408 e. The van der Waals surface area contributed by atoms with Gasteiger partial charge in [-0.1, -0.05) is 6.42 Å². The zero-order valence-electron chi connectivity index (χ0n) is 11.7. The lowest BCUT2D eigenvalue weighted by atomic mass is 9.84. The van der Waals surface area contributed by atoms with Gasteiger partial charge in [-0.3, -0.25) is 4.79 Å². The summed E-state index contributed by atoms with van der Waals surface area (Å²) in [6, 6.07) is -0.729. The molecule has 0 aromatic carbocycles. The van der Waals surface area contributed by atoms with Crippen LogP contribution in [0.2, 0.25) is 0 Å². The van der Waals surface area contributed by atoms with Crippen molar-refractivity contribution in [2.45, 2.75) is 57.2 Å². The van der Waals surface area contributed by atoms with E-state index in [1.807, 2.05) is 0 Å². The number of rotatable bonds is 2. The lowest BCUT2D eigenvalue weighted by Gasteiger charge is -2.34. The third kappa shape index (κ3) is 2.68. The molecule has 0 aromatic heterocycles. The lowest BCUT2D eigenvalue weighted by molar-refractivity contribution is -0.140. The predicted octanol–water partition coefficient (Wildman–Crippen LogP) is 1.11. The normalized spacial score (nSPS) is 33.8. The molecule has 1 saturated heterocycles. The van der Waals surface area contributed by atoms with Crippen molar-refractivity contribution in [2.24, 2.45) is 5.92 Å². The van der Waals surface area contributed by atoms with E-state index in [-0.39, 0.29) is 5.92 Å². The van der Waals surface area contributed by atoms with Crippen LogP contribution >= 0.6 is 0 Å². The maximum absolute atomic E-state index is 12.0. The van der Waals surface area contributed by atoms with Gasteiger partial charge in [0, 0.05) is 6.54 Å². The summed E-state index contributed by atoms with van der Waals surface area (Å²) in [5, 5.41) is 15.2. The van der Waals surface area contributed by atoms with Crippen molar-refractivity contribution >= 4 is 12.1 Å². The quantitative estimate of drug-likeness (QED) is 0.699. The van der Waals surface area contributed by atoms with E-state index >= 15 is 0 Å². The molecule has 6 heteroatoms. The number of ether oxygens (including phenoxy) is 1. The van der Waals surface area contributed by atoms with Crippen molar-refractivity contribution in [3.8, 4) is 0 Å². The molecule has 3 unspecified atom stereocenters. The predicted molar refractivity (Wildman–Crippen MR) is 68.9 cm³/mol. The highest BCUT2D eigenvalue weighted by atomic mass is 16.6. The highest BCUT2D eigenvalue weighted by Gasteiger charge is 2.57. The van der Waals surface area contributed by atoms with Crippen molar-refractivity contribution in [3.63, 3.8) is 0 Å². The number of hydrogen-bond acceptors (Lipinski definition) is 4. The topological polar surface area (TPSA) is 87.7 Å². The van der Waals surface area contributed by atoms with Gasteiger partial charge >= 0.3 is 12.1 Å². The number of amides is 1. The third-order valence-corrected chi connectivity index (χ3v) is 3.94. The van der Waals surface area contributed by atoms with Crippen LogP contribution < -0.4 is 10.6 Å². The van der Waals surface area contributed by atoms with E-state index in [1.165, 1.54) is 0 Å². The Labute approximate surface area is 112 Å². The van der Waals surface area contributed by atoms with Gasteiger partial charge in [0.2, 0.25) is 0 Å². The van der Waals surface area contributed by atoms with Crippen LogP contribution in [0.15, 0.2) is 0 Å². The molecule has 0 radical (unpaired) electrons. The van der Waals surface area contributed by atoms with Gasteiger partial charge in [-0.05, 0) is 39.5 Å². The molecule has 2 fully saturated rings. The zero-order chi connectivity index (χ0) is 14.3. The monoisotopic (exact) mass is 270 g/mol. The number of alkyl carbamates (subject to hydrolysis) is 1. The minimum Gasteiger partial charge on any atom is -0.480 e. The molecule has 108 valence electrons. The molecular formula is C13H22N2O4. The zero-order valence-corrected chi connectivity index (χ0v) is 11.7. The second-order valence-corrected chi connectivity index (χ2v) is 6.44. The Balaban J connectivity index is 2.14. The molecule has 19 heavy (non-hydrogen) atoms. The fraction of sp³-hybridized carbons (Fsp3) is 0.846. The van der Waals surface area contributed by atoms with E-state index in [2.05, 4.69) is 10.6 Å². The van der Waals surface area contributed by atoms with Crippen LogP contribution in [0.5, 0.6) is 0 Å². The fourth-order valence-corrected chi connectivity index (χ4v) is 3.25. The summed E-state index contributed by atoms with van der Waals surface area (Å²) < 4.78 is 5.26. The summed E-state index contributed by atoms with van der Waals surface area (Å²) in [6.07, 6.45) is 2.02. The lowest BCUT2D eigenvalue weighted by Crippen LogP contribution is -2.60. The highest BCUT2D eigenvalue weighted by Crippen LogP contribution is 2.42. The Morgan fingerprint density at radius 3 is 2.68 bits per heavy atom. The first kappa shape index (κ1) is 14.1. The largest absolute Gasteiger partial charge is 0.480 e. The summed E-state index contributed by atoms with van der Waals surface area (Å²) >= 11 is 0. The molecular weight excluding hydrogens is 248 g/mol. The van der Waals surface area contributed by atoms with Crippen molar-refractivity contribution in [1.82, 2.24) is 10.6 Å². The van der Waals surface area contributed by atoms with Crippen LogP contribution in [0.25, 0.3) is 0 Å². The first-order valence-electron chi connectivity index (χ1n) is 6.72. The molecule has 3 atom stereocenters. The van der Waals surface area contributed by atoms with E-state index in [0.29, 0.717) is 13.0 Å². The average molecular weight is 270 g/mol. The summed E-state index contributed by atoms with van der Waals surface area (Å²) in [5.74, 6) is -0.749. The number of carboxylic acids is 1. The number of hydrogen-bond donors (Lipinski definition) is 3. The molecule has 0 aromatic rings. The fourth-order valence-electron chi connectivity index (χ4n) is 3.25. The number of nitrogens with one attached hydrogen (secondary N) is 2. The van der Waals surface area contributed by atoms with Gasteiger partial charge in [-0.25, -0.2) is 4.79 Å². The average Bonchev–Trinajstić information content (AvgIpc) is 2.70. The molecule has 3 N–H and O–H groups in total. The van der Waals surface area contributed by atoms with E-state index in [1.54, 1.807) is 20.8 Å². The maximum atomic E-state index is 12.0. The summed E-state index contributed by atoms with van der Waals surface area (Å²) in [6.45, 7) is 6.00. The first-order valence-corrected chi connectivity index (χ1v) is 6.72.